The van der Waals surface area contributed by atoms with Crippen molar-refractivity contribution in [2.24, 2.45) is 0 Å². The Hall–Kier alpha value is -2.45. The van der Waals surface area contributed by atoms with Crippen LogP contribution in [-0.4, -0.2) is 50.1 Å². The Morgan fingerprint density at radius 1 is 1.15 bits per heavy atom. The monoisotopic (exact) mass is 391 g/mol. The molecule has 7 nitrogen and oxygen atoms in total. The van der Waals surface area contributed by atoms with Crippen LogP contribution in [0.4, 0.5) is 0 Å². The molecule has 1 aromatic carbocycles. The van der Waals surface area contributed by atoms with Crippen LogP contribution in [-0.2, 0) is 27.8 Å². The van der Waals surface area contributed by atoms with Gasteiger partial charge in [-0.15, -0.1) is 0 Å². The molecule has 0 saturated carbocycles. The second-order valence-electron chi connectivity index (χ2n) is 6.15. The second-order valence-corrected chi connectivity index (χ2v) is 8.13. The van der Waals surface area contributed by atoms with E-state index in [2.05, 4.69) is 10.3 Å². The number of carbonyl (C=O) groups excluding carboxylic acids is 1. The van der Waals surface area contributed by atoms with Gasteiger partial charge in [-0.25, -0.2) is 12.7 Å². The van der Waals surface area contributed by atoms with Gasteiger partial charge in [0.05, 0.1) is 13.4 Å². The van der Waals surface area contributed by atoms with E-state index in [0.717, 1.165) is 23.1 Å². The van der Waals surface area contributed by atoms with E-state index in [4.69, 9.17) is 4.74 Å². The van der Waals surface area contributed by atoms with E-state index in [1.165, 1.54) is 4.31 Å². The highest BCUT2D eigenvalue weighted by Gasteiger charge is 2.17. The summed E-state index contributed by atoms with van der Waals surface area (Å²) in [5.74, 6) is 0.538. The number of hydrogen-bond acceptors (Lipinski definition) is 5. The first-order chi connectivity index (χ1) is 12.9. The van der Waals surface area contributed by atoms with Crippen molar-refractivity contribution in [1.82, 2.24) is 14.6 Å². The summed E-state index contributed by atoms with van der Waals surface area (Å²) in [7, 11) is -1.81. The van der Waals surface area contributed by atoms with Gasteiger partial charge in [-0.1, -0.05) is 12.1 Å². The van der Waals surface area contributed by atoms with Gasteiger partial charge in [0.2, 0.25) is 15.9 Å². The Kier molecular flexibility index (Phi) is 7.75. The van der Waals surface area contributed by atoms with E-state index in [-0.39, 0.29) is 18.9 Å². The minimum absolute atomic E-state index is 0.107. The predicted molar refractivity (Wildman–Crippen MR) is 104 cm³/mol. The van der Waals surface area contributed by atoms with Gasteiger partial charge in [0, 0.05) is 38.4 Å². The number of nitrogens with zero attached hydrogens (tertiary/aromatic N) is 2. The quantitative estimate of drug-likeness (QED) is 0.665. The summed E-state index contributed by atoms with van der Waals surface area (Å²) >= 11 is 0. The first-order valence-corrected chi connectivity index (χ1v) is 10.5. The molecule has 0 fully saturated rings. The number of ether oxygens (including phenoxy) is 1. The molecule has 0 saturated heterocycles. The maximum Gasteiger partial charge on any atom is 0.221 e. The summed E-state index contributed by atoms with van der Waals surface area (Å²) in [6.07, 6.45) is 5.13. The highest BCUT2D eigenvalue weighted by atomic mass is 32.2. The lowest BCUT2D eigenvalue weighted by Gasteiger charge is -2.20. The molecule has 2 aromatic rings. The van der Waals surface area contributed by atoms with E-state index in [0.29, 0.717) is 19.5 Å². The molecule has 0 spiro atoms. The molecule has 0 aliphatic heterocycles. The lowest BCUT2D eigenvalue weighted by molar-refractivity contribution is -0.121. The third-order valence-electron chi connectivity index (χ3n) is 4.08. The van der Waals surface area contributed by atoms with Crippen LogP contribution in [0.3, 0.4) is 0 Å². The number of nitrogens with one attached hydrogen (secondary N) is 1. The molecule has 1 N–H and O–H groups in total. The minimum atomic E-state index is -3.40. The van der Waals surface area contributed by atoms with Crippen LogP contribution in [0.1, 0.15) is 17.5 Å². The summed E-state index contributed by atoms with van der Waals surface area (Å²) in [5, 5.41) is 2.79. The molecule has 0 radical (unpaired) electrons. The van der Waals surface area contributed by atoms with Gasteiger partial charge in [-0.3, -0.25) is 9.78 Å². The van der Waals surface area contributed by atoms with E-state index in [1.807, 2.05) is 36.4 Å². The molecular formula is C19H25N3O4S. The normalized spacial score (nSPS) is 11.4. The highest BCUT2D eigenvalue weighted by molar-refractivity contribution is 7.88. The van der Waals surface area contributed by atoms with Gasteiger partial charge in [-0.2, -0.15) is 0 Å². The van der Waals surface area contributed by atoms with Gasteiger partial charge in [0.1, 0.15) is 5.75 Å². The number of sulfonamides is 1. The smallest absolute Gasteiger partial charge is 0.221 e. The maximum atomic E-state index is 12.0. The van der Waals surface area contributed by atoms with Crippen molar-refractivity contribution in [3.8, 4) is 5.75 Å². The topological polar surface area (TPSA) is 88.6 Å². The zero-order valence-electron chi connectivity index (χ0n) is 15.6. The molecule has 1 amide bonds. The third-order valence-corrected chi connectivity index (χ3v) is 5.38. The maximum absolute atomic E-state index is 12.0. The van der Waals surface area contributed by atoms with Crippen molar-refractivity contribution >= 4 is 15.9 Å². The zero-order valence-corrected chi connectivity index (χ0v) is 16.4. The molecule has 0 aliphatic rings. The number of carbonyl (C=O) groups is 1. The van der Waals surface area contributed by atoms with Crippen molar-refractivity contribution in [2.45, 2.75) is 19.4 Å². The van der Waals surface area contributed by atoms with Crippen LogP contribution in [0.2, 0.25) is 0 Å². The molecule has 1 heterocycles. The van der Waals surface area contributed by atoms with Gasteiger partial charge in [0.15, 0.2) is 0 Å². The molecule has 0 atom stereocenters. The molecule has 0 aliphatic carbocycles. The first-order valence-electron chi connectivity index (χ1n) is 8.62. The lowest BCUT2D eigenvalue weighted by atomic mass is 10.1. The van der Waals surface area contributed by atoms with E-state index >= 15 is 0 Å². The summed E-state index contributed by atoms with van der Waals surface area (Å²) in [4.78, 5) is 16.0. The van der Waals surface area contributed by atoms with Crippen LogP contribution < -0.4 is 10.1 Å². The van der Waals surface area contributed by atoms with Crippen molar-refractivity contribution in [2.75, 3.05) is 26.5 Å². The highest BCUT2D eigenvalue weighted by Crippen LogP contribution is 2.14. The van der Waals surface area contributed by atoms with Gasteiger partial charge < -0.3 is 10.1 Å². The summed E-state index contributed by atoms with van der Waals surface area (Å²) in [5.41, 5.74) is 1.92. The summed E-state index contributed by atoms with van der Waals surface area (Å²) < 4.78 is 30.6. The van der Waals surface area contributed by atoms with Crippen molar-refractivity contribution in [1.29, 1.82) is 0 Å². The van der Waals surface area contributed by atoms with Crippen molar-refractivity contribution in [3.63, 3.8) is 0 Å². The largest absolute Gasteiger partial charge is 0.497 e. The van der Waals surface area contributed by atoms with E-state index in [9.17, 15) is 13.2 Å². The lowest BCUT2D eigenvalue weighted by Crippen LogP contribution is -2.35. The SMILES string of the molecule is COc1cccc(CCN(CCC(=O)NCc2ccncc2)S(C)(=O)=O)c1. The zero-order chi connectivity index (χ0) is 19.7. The molecule has 0 bridgehead atoms. The van der Waals surface area contributed by atoms with Gasteiger partial charge in [0.25, 0.3) is 0 Å². The molecule has 8 heteroatoms. The second kappa shape index (κ2) is 10.0. The average molecular weight is 391 g/mol. The van der Waals surface area contributed by atoms with Crippen LogP contribution >= 0.6 is 0 Å². The van der Waals surface area contributed by atoms with Crippen LogP contribution in [0, 0.1) is 0 Å². The Balaban J connectivity index is 1.85. The number of methoxy groups -OCH3 is 1. The van der Waals surface area contributed by atoms with Crippen LogP contribution in [0.25, 0.3) is 0 Å². The summed E-state index contributed by atoms with van der Waals surface area (Å²) in [6, 6.07) is 11.1. The van der Waals surface area contributed by atoms with Crippen molar-refractivity contribution < 1.29 is 17.9 Å². The summed E-state index contributed by atoms with van der Waals surface area (Å²) in [6.45, 7) is 0.846. The minimum Gasteiger partial charge on any atom is -0.497 e. The predicted octanol–water partition coefficient (Wildman–Crippen LogP) is 1.60. The first kappa shape index (κ1) is 20.9. The fourth-order valence-corrected chi connectivity index (χ4v) is 3.39. The molecule has 27 heavy (non-hydrogen) atoms. The van der Waals surface area contributed by atoms with E-state index in [1.54, 1.807) is 19.5 Å². The molecule has 2 rings (SSSR count). The number of benzene rings is 1. The number of aromatic nitrogens is 1. The third kappa shape index (κ3) is 7.36. The fourth-order valence-electron chi connectivity index (χ4n) is 2.54. The number of pyridine rings is 1. The van der Waals surface area contributed by atoms with Crippen molar-refractivity contribution in [3.05, 3.63) is 59.9 Å². The van der Waals surface area contributed by atoms with E-state index < -0.39 is 10.0 Å². The van der Waals surface area contributed by atoms with Gasteiger partial charge >= 0.3 is 0 Å². The Morgan fingerprint density at radius 2 is 1.89 bits per heavy atom. The molecule has 1 aromatic heterocycles. The average Bonchev–Trinajstić information content (AvgIpc) is 2.66. The number of hydrogen-bond donors (Lipinski definition) is 1. The fraction of sp³-hybridized carbons (Fsp3) is 0.368. The number of rotatable bonds is 10. The Morgan fingerprint density at radius 3 is 2.56 bits per heavy atom. The Bertz CT molecular complexity index is 841. The molecule has 146 valence electrons. The van der Waals surface area contributed by atoms with Gasteiger partial charge in [-0.05, 0) is 41.8 Å². The molecular weight excluding hydrogens is 366 g/mol. The standard InChI is InChI=1S/C19H25N3O4S/c1-26-18-5-3-4-16(14-18)8-12-22(27(2,24)25)13-9-19(23)21-15-17-6-10-20-11-7-17/h3-7,10-11,14H,8-9,12-13,15H2,1-2H3,(H,21,23). The Labute approximate surface area is 160 Å². The van der Waals surface area contributed by atoms with Crippen LogP contribution in [0.5, 0.6) is 5.75 Å². The van der Waals surface area contributed by atoms with Crippen LogP contribution in [0.15, 0.2) is 48.8 Å². The molecule has 0 unspecified atom stereocenters. The number of amides is 1.